The van der Waals surface area contributed by atoms with Crippen LogP contribution in [0.4, 0.5) is 4.39 Å². The van der Waals surface area contributed by atoms with Crippen molar-refractivity contribution in [1.29, 1.82) is 0 Å². The molecule has 0 saturated heterocycles. The molecule has 0 atom stereocenters. The minimum Gasteiger partial charge on any atom is -0.467 e. The molecule has 5 rings (SSSR count). The number of halogens is 2. The zero-order valence-corrected chi connectivity index (χ0v) is 17.4. The Morgan fingerprint density at radius 3 is 2.53 bits per heavy atom. The SMILES string of the molecule is O=c1c2c(ncn2Cc2cccc(Cl)c2)n(-c2ccc(F)cc2)c(=O)n1Cc1ccco1. The van der Waals surface area contributed by atoms with E-state index in [9.17, 15) is 14.0 Å². The summed E-state index contributed by atoms with van der Waals surface area (Å²) >= 11 is 6.10. The van der Waals surface area contributed by atoms with Gasteiger partial charge < -0.3 is 8.98 Å². The lowest BCUT2D eigenvalue weighted by Gasteiger charge is -2.12. The zero-order valence-electron chi connectivity index (χ0n) is 16.6. The predicted molar refractivity (Wildman–Crippen MR) is 118 cm³/mol. The second kappa shape index (κ2) is 7.97. The Balaban J connectivity index is 1.76. The Bertz CT molecular complexity index is 1530. The van der Waals surface area contributed by atoms with Crippen molar-refractivity contribution < 1.29 is 8.81 Å². The average Bonchev–Trinajstić information content (AvgIpc) is 3.43. The van der Waals surface area contributed by atoms with Gasteiger partial charge in [-0.2, -0.15) is 0 Å². The fraction of sp³-hybridized carbons (Fsp3) is 0.0870. The summed E-state index contributed by atoms with van der Waals surface area (Å²) in [5.41, 5.74) is 0.582. The number of hydrogen-bond acceptors (Lipinski definition) is 4. The molecule has 0 aliphatic heterocycles. The van der Waals surface area contributed by atoms with Gasteiger partial charge in [0.05, 0.1) is 24.8 Å². The van der Waals surface area contributed by atoms with Gasteiger partial charge in [-0.25, -0.2) is 18.7 Å². The third-order valence-electron chi connectivity index (χ3n) is 5.12. The van der Waals surface area contributed by atoms with Gasteiger partial charge in [0.15, 0.2) is 11.2 Å². The topological polar surface area (TPSA) is 75.0 Å². The molecule has 0 aliphatic rings. The highest BCUT2D eigenvalue weighted by molar-refractivity contribution is 6.30. The van der Waals surface area contributed by atoms with Crippen molar-refractivity contribution in [1.82, 2.24) is 18.7 Å². The molecule has 3 aromatic heterocycles. The molecule has 0 saturated carbocycles. The van der Waals surface area contributed by atoms with Gasteiger partial charge in [0.1, 0.15) is 11.6 Å². The zero-order chi connectivity index (χ0) is 22.2. The highest BCUT2D eigenvalue weighted by atomic mass is 35.5. The van der Waals surface area contributed by atoms with E-state index in [1.165, 1.54) is 41.4 Å². The van der Waals surface area contributed by atoms with Crippen LogP contribution >= 0.6 is 11.6 Å². The average molecular weight is 451 g/mol. The van der Waals surface area contributed by atoms with Gasteiger partial charge in [-0.1, -0.05) is 23.7 Å². The molecule has 0 unspecified atom stereocenters. The van der Waals surface area contributed by atoms with Crippen molar-refractivity contribution in [3.05, 3.63) is 116 Å². The summed E-state index contributed by atoms with van der Waals surface area (Å²) in [6.45, 7) is 0.277. The number of hydrogen-bond donors (Lipinski definition) is 0. The number of benzene rings is 2. The van der Waals surface area contributed by atoms with Crippen molar-refractivity contribution in [2.24, 2.45) is 0 Å². The van der Waals surface area contributed by atoms with E-state index >= 15 is 0 Å². The van der Waals surface area contributed by atoms with Gasteiger partial charge in [-0.05, 0) is 54.1 Å². The van der Waals surface area contributed by atoms with Crippen LogP contribution in [0.2, 0.25) is 5.02 Å². The van der Waals surface area contributed by atoms with Gasteiger partial charge in [0.25, 0.3) is 5.56 Å². The van der Waals surface area contributed by atoms with E-state index in [4.69, 9.17) is 16.0 Å². The van der Waals surface area contributed by atoms with Gasteiger partial charge in [-0.15, -0.1) is 0 Å². The number of nitrogens with zero attached hydrogens (tertiary/aromatic N) is 4. The van der Waals surface area contributed by atoms with E-state index in [1.807, 2.05) is 12.1 Å². The van der Waals surface area contributed by atoms with E-state index in [1.54, 1.807) is 28.8 Å². The summed E-state index contributed by atoms with van der Waals surface area (Å²) in [4.78, 5) is 31.1. The van der Waals surface area contributed by atoms with Gasteiger partial charge in [0.2, 0.25) is 0 Å². The number of furan rings is 1. The summed E-state index contributed by atoms with van der Waals surface area (Å²) in [5.74, 6) is 0.0172. The first-order valence-electron chi connectivity index (χ1n) is 9.75. The molecule has 5 aromatic rings. The third kappa shape index (κ3) is 3.54. The van der Waals surface area contributed by atoms with Crippen LogP contribution in [-0.4, -0.2) is 18.7 Å². The molecule has 0 fully saturated rings. The summed E-state index contributed by atoms with van der Waals surface area (Å²) < 4.78 is 22.9. The highest BCUT2D eigenvalue weighted by Crippen LogP contribution is 2.17. The van der Waals surface area contributed by atoms with E-state index in [0.29, 0.717) is 23.0 Å². The number of fused-ring (bicyclic) bond motifs is 1. The van der Waals surface area contributed by atoms with Crippen molar-refractivity contribution in [2.75, 3.05) is 0 Å². The second-order valence-corrected chi connectivity index (χ2v) is 7.68. The molecule has 2 aromatic carbocycles. The van der Waals surface area contributed by atoms with Crippen molar-refractivity contribution in [3.63, 3.8) is 0 Å². The lowest BCUT2D eigenvalue weighted by atomic mass is 10.2. The van der Waals surface area contributed by atoms with Gasteiger partial charge in [0, 0.05) is 11.6 Å². The number of imidazole rings is 1. The Kier molecular flexibility index (Phi) is 4.99. The predicted octanol–water partition coefficient (Wildman–Crippen LogP) is 3.83. The fourth-order valence-corrected chi connectivity index (χ4v) is 3.87. The quantitative estimate of drug-likeness (QED) is 0.408. The summed E-state index contributed by atoms with van der Waals surface area (Å²) in [6, 6.07) is 16.1. The molecule has 0 bridgehead atoms. The van der Waals surface area contributed by atoms with Crippen LogP contribution in [0.3, 0.4) is 0 Å². The number of rotatable bonds is 5. The molecule has 0 N–H and O–H groups in total. The highest BCUT2D eigenvalue weighted by Gasteiger charge is 2.20. The molecule has 7 nitrogen and oxygen atoms in total. The maximum Gasteiger partial charge on any atom is 0.337 e. The van der Waals surface area contributed by atoms with Crippen molar-refractivity contribution in [2.45, 2.75) is 13.1 Å². The molecule has 32 heavy (non-hydrogen) atoms. The Labute approximate surface area is 185 Å². The molecule has 0 radical (unpaired) electrons. The lowest BCUT2D eigenvalue weighted by Crippen LogP contribution is -2.40. The second-order valence-electron chi connectivity index (χ2n) is 7.24. The van der Waals surface area contributed by atoms with Gasteiger partial charge in [-0.3, -0.25) is 9.36 Å². The molecule has 3 heterocycles. The molecule has 9 heteroatoms. The van der Waals surface area contributed by atoms with E-state index in [0.717, 1.165) is 10.1 Å². The minimum absolute atomic E-state index is 0.0514. The Hall–Kier alpha value is -3.91. The van der Waals surface area contributed by atoms with Crippen LogP contribution in [0, 0.1) is 5.82 Å². The molecular weight excluding hydrogens is 435 g/mol. The maximum atomic E-state index is 13.5. The molecule has 0 aliphatic carbocycles. The lowest BCUT2D eigenvalue weighted by molar-refractivity contribution is 0.482. The van der Waals surface area contributed by atoms with Crippen LogP contribution in [0.15, 0.2) is 87.3 Å². The first-order chi connectivity index (χ1) is 15.5. The fourth-order valence-electron chi connectivity index (χ4n) is 3.65. The maximum absolute atomic E-state index is 13.5. The minimum atomic E-state index is -0.599. The van der Waals surface area contributed by atoms with E-state index in [-0.39, 0.29) is 17.7 Å². The van der Waals surface area contributed by atoms with E-state index in [2.05, 4.69) is 4.98 Å². The van der Waals surface area contributed by atoms with Crippen LogP contribution in [0.1, 0.15) is 11.3 Å². The third-order valence-corrected chi connectivity index (χ3v) is 5.36. The molecule has 0 spiro atoms. The van der Waals surface area contributed by atoms with E-state index < -0.39 is 17.1 Å². The van der Waals surface area contributed by atoms with Crippen LogP contribution in [-0.2, 0) is 13.1 Å². The first-order valence-corrected chi connectivity index (χ1v) is 10.1. The molecule has 0 amide bonds. The van der Waals surface area contributed by atoms with Crippen LogP contribution in [0.5, 0.6) is 0 Å². The summed E-state index contributed by atoms with van der Waals surface area (Å²) in [7, 11) is 0. The first kappa shape index (κ1) is 20.0. The monoisotopic (exact) mass is 450 g/mol. The van der Waals surface area contributed by atoms with Crippen LogP contribution < -0.4 is 11.2 Å². The Morgan fingerprint density at radius 2 is 1.81 bits per heavy atom. The van der Waals surface area contributed by atoms with Crippen molar-refractivity contribution in [3.8, 4) is 5.69 Å². The van der Waals surface area contributed by atoms with Crippen LogP contribution in [0.25, 0.3) is 16.9 Å². The molecule has 160 valence electrons. The number of aromatic nitrogens is 4. The van der Waals surface area contributed by atoms with Gasteiger partial charge >= 0.3 is 5.69 Å². The summed E-state index contributed by atoms with van der Waals surface area (Å²) in [6.07, 6.45) is 2.98. The Morgan fingerprint density at radius 1 is 1.00 bits per heavy atom. The normalized spacial score (nSPS) is 11.3. The smallest absolute Gasteiger partial charge is 0.337 e. The summed E-state index contributed by atoms with van der Waals surface area (Å²) in [5, 5.41) is 0.574. The molecular formula is C23H16ClFN4O3. The van der Waals surface area contributed by atoms with Crippen molar-refractivity contribution >= 4 is 22.8 Å². The standard InChI is InChI=1S/C23H16ClFN4O3/c24-16-4-1-3-15(11-16)12-27-14-26-21-20(27)22(30)28(13-19-5-2-10-32-19)23(31)29(21)18-8-6-17(25)7-9-18/h1-11,14H,12-13H2. The largest absolute Gasteiger partial charge is 0.467 e.